The molecule has 0 bridgehead atoms. The van der Waals surface area contributed by atoms with Gasteiger partial charge in [0.1, 0.15) is 22.9 Å². The predicted octanol–water partition coefficient (Wildman–Crippen LogP) is 2.87. The summed E-state index contributed by atoms with van der Waals surface area (Å²) in [5, 5.41) is 16.1. The van der Waals surface area contributed by atoms with Gasteiger partial charge in [-0.1, -0.05) is 12.1 Å². The average molecular weight is 512 g/mol. The molecule has 3 N–H and O–H groups in total. The highest BCUT2D eigenvalue weighted by Gasteiger charge is 2.52. The third kappa shape index (κ3) is 4.58. The van der Waals surface area contributed by atoms with Crippen LogP contribution in [0.3, 0.4) is 0 Å². The Kier molecular flexibility index (Phi) is 6.25. The van der Waals surface area contributed by atoms with Gasteiger partial charge in [-0.05, 0) is 25.8 Å². The molecule has 2 fully saturated rings. The van der Waals surface area contributed by atoms with E-state index in [1.54, 1.807) is 6.92 Å². The van der Waals surface area contributed by atoms with Crippen LogP contribution < -0.4 is 15.4 Å². The Morgan fingerprint density at radius 1 is 1.22 bits per heavy atom. The van der Waals surface area contributed by atoms with Crippen LogP contribution in [0, 0.1) is 6.92 Å². The van der Waals surface area contributed by atoms with E-state index in [1.165, 1.54) is 18.2 Å². The van der Waals surface area contributed by atoms with Crippen LogP contribution in [0.5, 0.6) is 5.75 Å². The maximum Gasteiger partial charge on any atom is 0.310 e. The van der Waals surface area contributed by atoms with Crippen molar-refractivity contribution < 1.29 is 41.7 Å². The van der Waals surface area contributed by atoms with Crippen molar-refractivity contribution in [1.29, 1.82) is 0 Å². The molecule has 0 spiro atoms. The first-order valence-electron chi connectivity index (χ1n) is 11.4. The van der Waals surface area contributed by atoms with Crippen molar-refractivity contribution in [2.45, 2.75) is 56.6 Å². The minimum absolute atomic E-state index is 0.0436. The number of anilines is 1. The number of carbonyl (C=O) groups is 1. The molecule has 0 radical (unpaired) electrons. The zero-order valence-corrected chi connectivity index (χ0v) is 19.2. The largest absolute Gasteiger partial charge is 0.486 e. The molecule has 2 aliphatic heterocycles. The van der Waals surface area contributed by atoms with Crippen LogP contribution >= 0.6 is 0 Å². The van der Waals surface area contributed by atoms with E-state index >= 15 is 0 Å². The monoisotopic (exact) mass is 512 g/mol. The Bertz CT molecular complexity index is 1170. The highest BCUT2D eigenvalue weighted by Crippen LogP contribution is 2.45. The third-order valence-corrected chi connectivity index (χ3v) is 6.32. The second-order valence-electron chi connectivity index (χ2n) is 9.00. The van der Waals surface area contributed by atoms with Crippen molar-refractivity contribution in [2.24, 2.45) is 0 Å². The highest BCUT2D eigenvalue weighted by molar-refractivity contribution is 5.80. The number of carbonyl (C=O) groups excluding carboxylic acids is 1. The minimum atomic E-state index is -3.19. The van der Waals surface area contributed by atoms with Gasteiger partial charge in [0.15, 0.2) is 19.1 Å². The summed E-state index contributed by atoms with van der Waals surface area (Å²) in [6, 6.07) is 4.03. The van der Waals surface area contributed by atoms with Crippen LogP contribution in [0.15, 0.2) is 18.2 Å². The van der Waals surface area contributed by atoms with Gasteiger partial charge in [0.25, 0.3) is 6.43 Å². The van der Waals surface area contributed by atoms with Gasteiger partial charge in [-0.15, -0.1) is 0 Å². The maximum atomic E-state index is 14.1. The highest BCUT2D eigenvalue weighted by atomic mass is 19.3. The lowest BCUT2D eigenvalue weighted by atomic mass is 10.0. The molecule has 1 aliphatic carbocycles. The van der Waals surface area contributed by atoms with Gasteiger partial charge in [-0.25, -0.2) is 18.7 Å². The van der Waals surface area contributed by atoms with E-state index < -0.39 is 42.9 Å². The van der Waals surface area contributed by atoms with Crippen LogP contribution in [0.1, 0.15) is 53.6 Å². The van der Waals surface area contributed by atoms with E-state index in [-0.39, 0.29) is 72.3 Å². The number of halogens is 4. The second-order valence-corrected chi connectivity index (χ2v) is 9.00. The predicted molar refractivity (Wildman–Crippen MR) is 116 cm³/mol. The Labute approximate surface area is 203 Å². The number of aliphatic hydroxyl groups is 1. The van der Waals surface area contributed by atoms with Crippen LogP contribution in [-0.4, -0.2) is 52.8 Å². The number of aliphatic hydroxyl groups excluding tert-OH is 1. The van der Waals surface area contributed by atoms with Crippen molar-refractivity contribution in [3.8, 4) is 5.75 Å². The van der Waals surface area contributed by atoms with Crippen LogP contribution in [-0.2, 0) is 26.6 Å². The molecule has 1 amide bonds. The molecule has 3 heterocycles. The molecule has 1 atom stereocenters. The fraction of sp³-hybridized carbons (Fsp3) is 0.522. The fourth-order valence-corrected chi connectivity index (χ4v) is 4.33. The molecule has 1 saturated carbocycles. The van der Waals surface area contributed by atoms with Gasteiger partial charge in [0.05, 0.1) is 36.5 Å². The van der Waals surface area contributed by atoms with Crippen molar-refractivity contribution in [2.75, 3.05) is 25.1 Å². The lowest BCUT2D eigenvalue weighted by molar-refractivity contribution is -0.122. The van der Waals surface area contributed by atoms with Gasteiger partial charge in [-0.2, -0.15) is 8.78 Å². The minimum Gasteiger partial charge on any atom is -0.486 e. The van der Waals surface area contributed by atoms with Crippen molar-refractivity contribution in [3.63, 3.8) is 0 Å². The number of rotatable bonds is 8. The van der Waals surface area contributed by atoms with E-state index in [9.17, 15) is 27.5 Å². The number of alkyl halides is 4. The number of nitrogens with zero attached hydrogens (tertiary/aromatic N) is 2. The van der Waals surface area contributed by atoms with Crippen LogP contribution in [0.25, 0.3) is 0 Å². The SMILES string of the molecule is Cc1nc(CC(=O)NC2(C(F)F)CC2)c(C2OCCO2)c(N[C@H](O)c2cccc3c2OCC3(F)F)n1. The summed E-state index contributed by atoms with van der Waals surface area (Å²) in [4.78, 5) is 21.3. The Hall–Kier alpha value is -3.03. The molecule has 194 valence electrons. The van der Waals surface area contributed by atoms with Gasteiger partial charge >= 0.3 is 5.92 Å². The lowest BCUT2D eigenvalue weighted by Gasteiger charge is -2.23. The quantitative estimate of drug-likeness (QED) is 0.366. The molecule has 9 nitrogen and oxygen atoms in total. The standard InChI is InChI=1S/C23H24F4N4O5/c1-11-28-14(9-15(32)31-22(5-6-22)21(24)25)16(20-34-7-8-35-20)18(29-11)30-19(33)12-3-2-4-13-17(12)36-10-23(13,26)27/h2-4,19-21,33H,5-10H2,1H3,(H,31,32)(H,28,29,30)/t19-/m1/s1. The number of fused-ring (bicyclic) bond motifs is 1. The summed E-state index contributed by atoms with van der Waals surface area (Å²) in [5.41, 5.74) is -1.44. The topological polar surface area (TPSA) is 115 Å². The number of hydrogen-bond donors (Lipinski definition) is 3. The van der Waals surface area contributed by atoms with Gasteiger partial charge in [0.2, 0.25) is 5.91 Å². The smallest absolute Gasteiger partial charge is 0.310 e. The molecular weight excluding hydrogens is 488 g/mol. The number of benzene rings is 1. The van der Waals surface area contributed by atoms with E-state index in [0.29, 0.717) is 0 Å². The first kappa shape index (κ1) is 24.7. The van der Waals surface area contributed by atoms with E-state index in [0.717, 1.165) is 0 Å². The van der Waals surface area contributed by atoms with E-state index in [4.69, 9.17) is 14.2 Å². The zero-order chi connectivity index (χ0) is 25.7. The Morgan fingerprint density at radius 3 is 2.61 bits per heavy atom. The number of para-hydroxylation sites is 1. The third-order valence-electron chi connectivity index (χ3n) is 6.32. The number of amides is 1. The number of aryl methyl sites for hydroxylation is 1. The summed E-state index contributed by atoms with van der Waals surface area (Å²) in [6.07, 6.45) is -5.21. The van der Waals surface area contributed by atoms with Crippen LogP contribution in [0.4, 0.5) is 23.4 Å². The van der Waals surface area contributed by atoms with E-state index in [2.05, 4.69) is 20.6 Å². The summed E-state index contributed by atoms with van der Waals surface area (Å²) in [5.74, 6) is -3.73. The van der Waals surface area contributed by atoms with Crippen molar-refractivity contribution >= 4 is 11.7 Å². The zero-order valence-electron chi connectivity index (χ0n) is 19.2. The molecule has 1 aromatic heterocycles. The molecule has 36 heavy (non-hydrogen) atoms. The number of hydrogen-bond acceptors (Lipinski definition) is 8. The number of ether oxygens (including phenoxy) is 3. The maximum absolute atomic E-state index is 14.1. The second kappa shape index (κ2) is 9.12. The van der Waals surface area contributed by atoms with Crippen LogP contribution in [0.2, 0.25) is 0 Å². The van der Waals surface area contributed by atoms with Gasteiger partial charge in [0, 0.05) is 5.56 Å². The molecule has 5 rings (SSSR count). The molecule has 2 aromatic rings. The fourth-order valence-electron chi connectivity index (χ4n) is 4.33. The Balaban J connectivity index is 1.45. The summed E-state index contributed by atoms with van der Waals surface area (Å²) in [7, 11) is 0. The summed E-state index contributed by atoms with van der Waals surface area (Å²) in [6.45, 7) is 1.20. The van der Waals surface area contributed by atoms with Crippen molar-refractivity contribution in [1.82, 2.24) is 15.3 Å². The number of aromatic nitrogens is 2. The normalized spacial score (nSPS) is 20.6. The van der Waals surface area contributed by atoms with Gasteiger partial charge in [-0.3, -0.25) is 4.79 Å². The molecule has 1 saturated heterocycles. The molecule has 13 heteroatoms. The average Bonchev–Trinajstić information content (AvgIpc) is 3.26. The summed E-state index contributed by atoms with van der Waals surface area (Å²) < 4.78 is 71.1. The van der Waals surface area contributed by atoms with Crippen molar-refractivity contribution in [3.05, 3.63) is 46.4 Å². The summed E-state index contributed by atoms with van der Waals surface area (Å²) >= 11 is 0. The lowest BCUT2D eigenvalue weighted by Crippen LogP contribution is -2.43. The first-order chi connectivity index (χ1) is 17.1. The molecule has 1 aromatic carbocycles. The molecule has 0 unspecified atom stereocenters. The van der Waals surface area contributed by atoms with E-state index in [1.807, 2.05) is 0 Å². The first-order valence-corrected chi connectivity index (χ1v) is 11.4. The Morgan fingerprint density at radius 2 is 1.94 bits per heavy atom. The number of nitrogens with one attached hydrogen (secondary N) is 2. The van der Waals surface area contributed by atoms with Gasteiger partial charge < -0.3 is 30.0 Å². The molecular formula is C23H24F4N4O5. The molecule has 3 aliphatic rings.